The van der Waals surface area contributed by atoms with E-state index in [1.165, 1.54) is 18.3 Å². The maximum Gasteiger partial charge on any atom is 0.266 e. The van der Waals surface area contributed by atoms with Gasteiger partial charge >= 0.3 is 0 Å². The van der Waals surface area contributed by atoms with Crippen molar-refractivity contribution in [2.24, 2.45) is 11.7 Å². The summed E-state index contributed by atoms with van der Waals surface area (Å²) >= 11 is 17.4. The highest BCUT2D eigenvalue weighted by Crippen LogP contribution is 2.40. The number of hydrogen-bond acceptors (Lipinski definition) is 4. The number of likely N-dealkylation sites (tertiary alicyclic amines) is 1. The van der Waals surface area contributed by atoms with E-state index >= 15 is 0 Å². The van der Waals surface area contributed by atoms with Crippen LogP contribution < -0.4 is 11.3 Å². The molecular weight excluding hydrogens is 432 g/mol. The number of aromatic hydroxyl groups is 1. The molecule has 0 aliphatic carbocycles. The van der Waals surface area contributed by atoms with E-state index in [-0.39, 0.29) is 43.8 Å². The fourth-order valence-electron chi connectivity index (χ4n) is 3.37. The van der Waals surface area contributed by atoms with E-state index in [2.05, 4.69) is 4.98 Å². The summed E-state index contributed by atoms with van der Waals surface area (Å²) in [4.78, 5) is 27.9. The number of halogens is 4. The van der Waals surface area contributed by atoms with Gasteiger partial charge in [-0.15, -0.1) is 0 Å². The summed E-state index contributed by atoms with van der Waals surface area (Å²) in [5.41, 5.74) is 5.93. The van der Waals surface area contributed by atoms with Crippen molar-refractivity contribution < 1.29 is 14.3 Å². The largest absolute Gasteiger partial charge is 0.507 e. The minimum Gasteiger partial charge on any atom is -0.507 e. The lowest BCUT2D eigenvalue weighted by Gasteiger charge is -2.35. The predicted octanol–water partition coefficient (Wildman–Crippen LogP) is 3.73. The maximum absolute atomic E-state index is 14.5. The number of nitrogens with two attached hydrogens (primary N) is 1. The molecule has 0 saturated carbocycles. The Morgan fingerprint density at radius 1 is 1.25 bits per heavy atom. The molecule has 10 heteroatoms. The van der Waals surface area contributed by atoms with Gasteiger partial charge < -0.3 is 20.7 Å². The number of carbonyl (C=O) groups excluding carboxylic acids is 1. The molecule has 1 amide bonds. The summed E-state index contributed by atoms with van der Waals surface area (Å²) in [5.74, 6) is -1.61. The van der Waals surface area contributed by atoms with E-state index in [4.69, 9.17) is 40.5 Å². The zero-order chi connectivity index (χ0) is 20.6. The van der Waals surface area contributed by atoms with E-state index in [1.54, 1.807) is 4.90 Å². The van der Waals surface area contributed by atoms with Crippen LogP contribution in [0.1, 0.15) is 34.8 Å². The summed E-state index contributed by atoms with van der Waals surface area (Å²) in [7, 11) is 0. The van der Waals surface area contributed by atoms with Gasteiger partial charge in [-0.1, -0.05) is 34.8 Å². The minimum atomic E-state index is -0.833. The molecule has 1 aliphatic heterocycles. The van der Waals surface area contributed by atoms with E-state index in [9.17, 15) is 19.1 Å². The molecule has 1 aliphatic rings. The highest BCUT2D eigenvalue weighted by molar-refractivity contribution is 6.42. The van der Waals surface area contributed by atoms with Crippen molar-refractivity contribution in [3.05, 3.63) is 60.7 Å². The highest BCUT2D eigenvalue weighted by atomic mass is 35.5. The first kappa shape index (κ1) is 20.9. The molecule has 1 aromatic heterocycles. The number of nitrogens with one attached hydrogen (secondary N) is 1. The van der Waals surface area contributed by atoms with Crippen LogP contribution in [0.25, 0.3) is 0 Å². The molecule has 1 unspecified atom stereocenters. The summed E-state index contributed by atoms with van der Waals surface area (Å²) in [6, 6.07) is 1.69. The van der Waals surface area contributed by atoms with Crippen LogP contribution in [0.5, 0.6) is 5.75 Å². The number of phenols is 1. The van der Waals surface area contributed by atoms with Gasteiger partial charge in [0.15, 0.2) is 5.82 Å². The van der Waals surface area contributed by atoms with Gasteiger partial charge in [0.2, 0.25) is 0 Å². The number of piperidine rings is 1. The Morgan fingerprint density at radius 2 is 1.89 bits per heavy atom. The van der Waals surface area contributed by atoms with Crippen LogP contribution in [-0.2, 0) is 0 Å². The molecule has 28 heavy (non-hydrogen) atoms. The van der Waals surface area contributed by atoms with Crippen molar-refractivity contribution in [1.29, 1.82) is 0 Å². The van der Waals surface area contributed by atoms with Gasteiger partial charge in [0.05, 0.1) is 15.6 Å². The Morgan fingerprint density at radius 3 is 2.50 bits per heavy atom. The second kappa shape index (κ2) is 8.29. The average molecular weight is 449 g/mol. The molecule has 150 valence electrons. The number of nitrogens with zero attached hydrogens (tertiary/aromatic N) is 1. The Labute approximate surface area is 175 Å². The lowest BCUT2D eigenvalue weighted by molar-refractivity contribution is 0.0676. The second-order valence-corrected chi connectivity index (χ2v) is 7.83. The first-order valence-electron chi connectivity index (χ1n) is 8.50. The zero-order valence-corrected chi connectivity index (χ0v) is 16.8. The normalized spacial score (nSPS) is 16.2. The molecule has 4 N–H and O–H groups in total. The van der Waals surface area contributed by atoms with E-state index < -0.39 is 17.4 Å². The van der Waals surface area contributed by atoms with E-state index in [0.29, 0.717) is 25.9 Å². The van der Waals surface area contributed by atoms with Gasteiger partial charge in [0, 0.05) is 37.0 Å². The number of benzene rings is 1. The van der Waals surface area contributed by atoms with Gasteiger partial charge in [-0.25, -0.2) is 4.39 Å². The van der Waals surface area contributed by atoms with Crippen molar-refractivity contribution >= 4 is 40.7 Å². The average Bonchev–Trinajstić information content (AvgIpc) is 2.68. The number of H-pyrrole nitrogens is 1. The number of amides is 1. The van der Waals surface area contributed by atoms with Crippen LogP contribution in [0.15, 0.2) is 23.1 Å². The molecule has 0 bridgehead atoms. The molecule has 1 fully saturated rings. The molecule has 1 atom stereocenters. The Hall–Kier alpha value is -1.80. The third-order valence-electron chi connectivity index (χ3n) is 4.95. The Kier molecular flexibility index (Phi) is 6.19. The van der Waals surface area contributed by atoms with Gasteiger partial charge in [-0.2, -0.15) is 0 Å². The van der Waals surface area contributed by atoms with Crippen LogP contribution in [-0.4, -0.2) is 34.0 Å². The van der Waals surface area contributed by atoms with E-state index in [1.807, 2.05) is 0 Å². The van der Waals surface area contributed by atoms with Crippen LogP contribution in [0.2, 0.25) is 15.1 Å². The number of carbonyl (C=O) groups is 1. The summed E-state index contributed by atoms with van der Waals surface area (Å²) < 4.78 is 14.5. The molecule has 2 aromatic rings. The van der Waals surface area contributed by atoms with Gasteiger partial charge in [0.25, 0.3) is 11.5 Å². The quantitative estimate of drug-likeness (QED) is 0.623. The van der Waals surface area contributed by atoms with Gasteiger partial charge in [-0.05, 0) is 24.8 Å². The fraction of sp³-hybridized carbons (Fsp3) is 0.333. The number of aromatic amines is 1. The van der Waals surface area contributed by atoms with Crippen LogP contribution >= 0.6 is 34.8 Å². The molecule has 6 nitrogen and oxygen atoms in total. The first-order valence-corrected chi connectivity index (χ1v) is 9.63. The maximum atomic E-state index is 14.5. The van der Waals surface area contributed by atoms with Gasteiger partial charge in [0.1, 0.15) is 10.8 Å². The molecule has 2 heterocycles. The number of aromatic nitrogens is 1. The number of pyridine rings is 1. The van der Waals surface area contributed by atoms with Crippen molar-refractivity contribution in [2.45, 2.75) is 18.9 Å². The third-order valence-corrected chi connectivity index (χ3v) is 6.00. The first-order chi connectivity index (χ1) is 13.2. The van der Waals surface area contributed by atoms with E-state index in [0.717, 1.165) is 0 Å². The predicted molar refractivity (Wildman–Crippen MR) is 106 cm³/mol. The van der Waals surface area contributed by atoms with Crippen molar-refractivity contribution in [3.8, 4) is 5.75 Å². The monoisotopic (exact) mass is 447 g/mol. The fourth-order valence-corrected chi connectivity index (χ4v) is 3.89. The molecule has 1 aromatic carbocycles. The van der Waals surface area contributed by atoms with Crippen LogP contribution in [0.4, 0.5) is 4.39 Å². The Balaban J connectivity index is 1.72. The number of rotatable bonds is 3. The second-order valence-electron chi connectivity index (χ2n) is 6.64. The number of hydrogen-bond donors (Lipinski definition) is 3. The van der Waals surface area contributed by atoms with Crippen LogP contribution in [0.3, 0.4) is 0 Å². The molecule has 0 spiro atoms. The Bertz CT molecular complexity index is 975. The van der Waals surface area contributed by atoms with Crippen molar-refractivity contribution in [2.75, 3.05) is 13.1 Å². The molecule has 1 saturated heterocycles. The smallest absolute Gasteiger partial charge is 0.266 e. The summed E-state index contributed by atoms with van der Waals surface area (Å²) in [6.07, 6.45) is 2.32. The lowest BCUT2D eigenvalue weighted by Crippen LogP contribution is -2.41. The molecule has 3 rings (SSSR count). The topological polar surface area (TPSA) is 99.4 Å². The SMILES string of the molecule is NC(c1c(O)cc(Cl)c(Cl)c1F)C1CCN(C(=O)c2c[nH]c(=O)c(Cl)c2)CC1. The summed E-state index contributed by atoms with van der Waals surface area (Å²) in [5, 5.41) is 9.63. The molecular formula is C18H17Cl3FN3O3. The highest BCUT2D eigenvalue weighted by Gasteiger charge is 2.32. The lowest BCUT2D eigenvalue weighted by atomic mass is 9.85. The van der Waals surface area contributed by atoms with Gasteiger partial charge in [-0.3, -0.25) is 9.59 Å². The van der Waals surface area contributed by atoms with Crippen LogP contribution in [0, 0.1) is 11.7 Å². The standard InChI is InChI=1S/C18H17Cl3FN3O3/c19-10-6-12(26)13(15(22)14(10)21)16(23)8-1-3-25(4-2-8)18(28)9-5-11(20)17(27)24-7-9/h5-8,16,26H,1-4,23H2,(H,24,27). The van der Waals surface area contributed by atoms with Crippen molar-refractivity contribution in [3.63, 3.8) is 0 Å². The minimum absolute atomic E-state index is 0.0617. The number of phenolic OH excluding ortho intramolecular Hbond substituents is 1. The zero-order valence-electron chi connectivity index (χ0n) is 14.5. The van der Waals surface area contributed by atoms with Crippen molar-refractivity contribution in [1.82, 2.24) is 9.88 Å². The molecule has 0 radical (unpaired) electrons. The summed E-state index contributed by atoms with van der Waals surface area (Å²) in [6.45, 7) is 0.773. The third kappa shape index (κ3) is 3.98.